The van der Waals surface area contributed by atoms with Gasteiger partial charge < -0.3 is 5.11 Å². The van der Waals surface area contributed by atoms with Gasteiger partial charge in [0.05, 0.1) is 26.5 Å². The minimum Gasteiger partial charge on any atom is -0.478 e. The molecule has 0 aliphatic heterocycles. The second-order valence-electron chi connectivity index (χ2n) is 4.81. The highest BCUT2D eigenvalue weighted by atomic mass is 35.5. The maximum Gasteiger partial charge on any atom is 0.337 e. The van der Waals surface area contributed by atoms with Crippen molar-refractivity contribution in [3.8, 4) is 0 Å². The van der Waals surface area contributed by atoms with Gasteiger partial charge >= 0.3 is 5.97 Å². The Labute approximate surface area is 152 Å². The van der Waals surface area contributed by atoms with Crippen molar-refractivity contribution < 1.29 is 18.3 Å². The van der Waals surface area contributed by atoms with Gasteiger partial charge in [-0.05, 0) is 41.9 Å². The maximum absolute atomic E-state index is 13.1. The molecule has 1 heterocycles. The average Bonchev–Trinajstić information content (AvgIpc) is 3.09. The number of rotatable bonds is 5. The molecule has 0 radical (unpaired) electrons. The number of halogens is 1. The molecule has 0 unspecified atom stereocenters. The molecular weight excluding hydrogens is 386 g/mol. The Balaban J connectivity index is 2.19. The van der Waals surface area contributed by atoms with E-state index in [9.17, 15) is 18.3 Å². The topological polar surface area (TPSA) is 100 Å². The third-order valence-electron chi connectivity index (χ3n) is 3.25. The average molecular weight is 396 g/mol. The molecule has 0 amide bonds. The van der Waals surface area contributed by atoms with Gasteiger partial charge in [0.2, 0.25) is 0 Å². The summed E-state index contributed by atoms with van der Waals surface area (Å²) < 4.78 is 31.0. The van der Waals surface area contributed by atoms with Gasteiger partial charge in [0.25, 0.3) is 10.0 Å². The standard InChI is InChI=1S/C15H10ClN3O4S2/c16-13-7-6-11(8-12(13)15(20)21)25(22,23)19(14-9-24-18-17-14)10-4-2-1-3-5-10/h1-9H,(H,20,21). The third kappa shape index (κ3) is 3.34. The van der Waals surface area contributed by atoms with Crippen LogP contribution in [0.1, 0.15) is 10.4 Å². The molecule has 7 nitrogen and oxygen atoms in total. The fourth-order valence-electron chi connectivity index (χ4n) is 2.14. The highest BCUT2D eigenvalue weighted by Crippen LogP contribution is 2.32. The van der Waals surface area contributed by atoms with Crippen LogP contribution in [0, 0.1) is 0 Å². The Morgan fingerprint density at radius 2 is 1.88 bits per heavy atom. The zero-order valence-corrected chi connectivity index (χ0v) is 14.8. The van der Waals surface area contributed by atoms with Crippen LogP contribution in [0.2, 0.25) is 5.02 Å². The molecule has 0 aliphatic carbocycles. The van der Waals surface area contributed by atoms with Crippen LogP contribution in [0.15, 0.2) is 58.8 Å². The number of nitrogens with zero attached hydrogens (tertiary/aromatic N) is 3. The number of para-hydroxylation sites is 1. The Bertz CT molecular complexity index is 1010. The summed E-state index contributed by atoms with van der Waals surface area (Å²) >= 11 is 6.83. The number of carboxylic acid groups (broad SMARTS) is 1. The Hall–Kier alpha value is -2.49. The molecule has 3 aromatic rings. The predicted molar refractivity (Wildman–Crippen MR) is 94.1 cm³/mol. The number of carboxylic acids is 1. The Kier molecular flexibility index (Phi) is 4.71. The van der Waals surface area contributed by atoms with E-state index in [0.29, 0.717) is 5.69 Å². The molecule has 0 saturated heterocycles. The normalized spacial score (nSPS) is 11.2. The molecule has 0 spiro atoms. The summed E-state index contributed by atoms with van der Waals surface area (Å²) in [6, 6.07) is 11.8. The Morgan fingerprint density at radius 3 is 2.48 bits per heavy atom. The van der Waals surface area contributed by atoms with Gasteiger partial charge in [0.15, 0.2) is 5.82 Å². The zero-order valence-electron chi connectivity index (χ0n) is 12.4. The molecule has 25 heavy (non-hydrogen) atoms. The SMILES string of the molecule is O=C(O)c1cc(S(=O)(=O)N(c2ccccc2)c2csnn2)ccc1Cl. The van der Waals surface area contributed by atoms with Crippen molar-refractivity contribution in [2.45, 2.75) is 4.90 Å². The first kappa shape index (κ1) is 17.3. The number of aromatic nitrogens is 2. The van der Waals surface area contributed by atoms with Crippen LogP contribution < -0.4 is 4.31 Å². The number of hydrogen-bond acceptors (Lipinski definition) is 6. The molecule has 0 bridgehead atoms. The van der Waals surface area contributed by atoms with Crippen LogP contribution in [-0.2, 0) is 10.0 Å². The van der Waals surface area contributed by atoms with E-state index >= 15 is 0 Å². The van der Waals surface area contributed by atoms with E-state index in [4.69, 9.17) is 11.6 Å². The lowest BCUT2D eigenvalue weighted by atomic mass is 10.2. The zero-order chi connectivity index (χ0) is 18.0. The monoisotopic (exact) mass is 395 g/mol. The minimum absolute atomic E-state index is 0.0481. The van der Waals surface area contributed by atoms with Gasteiger partial charge in [-0.3, -0.25) is 0 Å². The van der Waals surface area contributed by atoms with Crippen molar-refractivity contribution in [1.29, 1.82) is 0 Å². The molecule has 3 rings (SSSR count). The van der Waals surface area contributed by atoms with Crippen LogP contribution >= 0.6 is 23.1 Å². The fraction of sp³-hybridized carbons (Fsp3) is 0. The maximum atomic E-state index is 13.1. The lowest BCUT2D eigenvalue weighted by Gasteiger charge is -2.22. The van der Waals surface area contributed by atoms with Gasteiger partial charge in [0.1, 0.15) is 0 Å². The van der Waals surface area contributed by atoms with Crippen LogP contribution in [0.5, 0.6) is 0 Å². The van der Waals surface area contributed by atoms with E-state index < -0.39 is 16.0 Å². The summed E-state index contributed by atoms with van der Waals surface area (Å²) in [6.45, 7) is 0. The van der Waals surface area contributed by atoms with Crippen molar-refractivity contribution in [2.24, 2.45) is 0 Å². The predicted octanol–water partition coefficient (Wildman–Crippen LogP) is 3.42. The second-order valence-corrected chi connectivity index (χ2v) is 7.62. The molecule has 2 aromatic carbocycles. The first-order valence-electron chi connectivity index (χ1n) is 6.81. The smallest absolute Gasteiger partial charge is 0.337 e. The molecule has 10 heteroatoms. The van der Waals surface area contributed by atoms with Crippen LogP contribution in [-0.4, -0.2) is 29.1 Å². The van der Waals surface area contributed by atoms with Crippen molar-refractivity contribution in [3.63, 3.8) is 0 Å². The molecule has 1 N–H and O–H groups in total. The number of benzene rings is 2. The van der Waals surface area contributed by atoms with Crippen LogP contribution in [0.3, 0.4) is 0 Å². The van der Waals surface area contributed by atoms with E-state index in [1.54, 1.807) is 30.3 Å². The van der Waals surface area contributed by atoms with Gasteiger partial charge in [0, 0.05) is 0 Å². The number of hydrogen-bond donors (Lipinski definition) is 1. The number of anilines is 2. The first-order chi connectivity index (χ1) is 11.9. The first-order valence-corrected chi connectivity index (χ1v) is 9.47. The van der Waals surface area contributed by atoms with Crippen molar-refractivity contribution >= 4 is 50.6 Å². The molecular formula is C15H10ClN3O4S2. The molecule has 1 aromatic heterocycles. The summed E-state index contributed by atoms with van der Waals surface area (Å²) in [4.78, 5) is 11.0. The third-order valence-corrected chi connectivity index (χ3v) is 5.80. The van der Waals surface area contributed by atoms with E-state index in [2.05, 4.69) is 9.59 Å². The summed E-state index contributed by atoms with van der Waals surface area (Å²) in [6.07, 6.45) is 0. The van der Waals surface area contributed by atoms with E-state index in [0.717, 1.165) is 21.9 Å². The summed E-state index contributed by atoms with van der Waals surface area (Å²) in [5, 5.41) is 14.5. The van der Waals surface area contributed by atoms with E-state index in [-0.39, 0.29) is 21.3 Å². The van der Waals surface area contributed by atoms with Crippen LogP contribution in [0.25, 0.3) is 0 Å². The van der Waals surface area contributed by atoms with Crippen LogP contribution in [0.4, 0.5) is 11.5 Å². The largest absolute Gasteiger partial charge is 0.478 e. The highest BCUT2D eigenvalue weighted by Gasteiger charge is 2.29. The van der Waals surface area contributed by atoms with Gasteiger partial charge in [-0.25, -0.2) is 17.5 Å². The second kappa shape index (κ2) is 6.79. The molecule has 0 saturated carbocycles. The summed E-state index contributed by atoms with van der Waals surface area (Å²) in [5.41, 5.74) is 0.0502. The molecule has 0 aliphatic rings. The van der Waals surface area contributed by atoms with E-state index in [1.807, 2.05) is 0 Å². The van der Waals surface area contributed by atoms with Gasteiger partial charge in [-0.1, -0.05) is 34.3 Å². The lowest BCUT2D eigenvalue weighted by Crippen LogP contribution is -2.26. The highest BCUT2D eigenvalue weighted by molar-refractivity contribution is 7.93. The number of aromatic carboxylic acids is 1. The molecule has 128 valence electrons. The van der Waals surface area contributed by atoms with Crippen molar-refractivity contribution in [1.82, 2.24) is 9.59 Å². The van der Waals surface area contributed by atoms with E-state index in [1.165, 1.54) is 17.5 Å². The quantitative estimate of drug-likeness (QED) is 0.710. The number of carbonyl (C=O) groups is 1. The Morgan fingerprint density at radius 1 is 1.16 bits per heavy atom. The summed E-state index contributed by atoms with van der Waals surface area (Å²) in [7, 11) is -4.13. The fourth-order valence-corrected chi connectivity index (χ4v) is 4.28. The van der Waals surface area contributed by atoms with Crippen molar-refractivity contribution in [3.05, 3.63) is 64.5 Å². The molecule has 0 atom stereocenters. The minimum atomic E-state index is -4.13. The number of sulfonamides is 1. The summed E-state index contributed by atoms with van der Waals surface area (Å²) in [5.74, 6) is -1.20. The van der Waals surface area contributed by atoms with Crippen molar-refractivity contribution in [2.75, 3.05) is 4.31 Å². The van der Waals surface area contributed by atoms with Gasteiger partial charge in [-0.15, -0.1) is 5.10 Å². The lowest BCUT2D eigenvalue weighted by molar-refractivity contribution is 0.0697. The van der Waals surface area contributed by atoms with Gasteiger partial charge in [-0.2, -0.15) is 0 Å². The molecule has 0 fully saturated rings.